The number of aryl methyl sites for hydroxylation is 2. The Labute approximate surface area is 163 Å². The Balaban J connectivity index is 1.68. The molecule has 10 heteroatoms. The van der Waals surface area contributed by atoms with E-state index in [-0.39, 0.29) is 18.7 Å². The summed E-state index contributed by atoms with van der Waals surface area (Å²) in [5, 5.41) is 9.91. The van der Waals surface area contributed by atoms with Gasteiger partial charge in [-0.15, -0.1) is 0 Å². The molecule has 0 atom stereocenters. The molecule has 3 aromatic rings. The van der Waals surface area contributed by atoms with E-state index in [4.69, 9.17) is 0 Å². The first-order valence-electron chi connectivity index (χ1n) is 9.37. The van der Waals surface area contributed by atoms with Gasteiger partial charge in [-0.1, -0.05) is 0 Å². The molecular weight excluding hydrogens is 381 g/mol. The molecule has 0 unspecified atom stereocenters. The molecule has 5 rings (SSSR count). The van der Waals surface area contributed by atoms with E-state index in [1.807, 2.05) is 4.57 Å². The molecule has 2 aliphatic rings. The zero-order valence-electron chi connectivity index (χ0n) is 15.7. The molecule has 5 heterocycles. The van der Waals surface area contributed by atoms with Crippen molar-refractivity contribution >= 4 is 33.9 Å². The van der Waals surface area contributed by atoms with Crippen LogP contribution in [0.4, 0.5) is 4.39 Å². The summed E-state index contributed by atoms with van der Waals surface area (Å²) < 4.78 is 16.8. The molecule has 9 nitrogen and oxygen atoms in total. The van der Waals surface area contributed by atoms with Gasteiger partial charge in [0, 0.05) is 18.4 Å². The van der Waals surface area contributed by atoms with Gasteiger partial charge in [0.15, 0.2) is 0 Å². The second kappa shape index (κ2) is 5.85. The lowest BCUT2D eigenvalue weighted by Gasteiger charge is -2.42. The molecule has 0 radical (unpaired) electrons. The van der Waals surface area contributed by atoms with Crippen molar-refractivity contribution in [3.8, 4) is 0 Å². The Kier molecular flexibility index (Phi) is 3.59. The second-order valence-corrected chi connectivity index (χ2v) is 7.93. The van der Waals surface area contributed by atoms with E-state index in [0.29, 0.717) is 10.9 Å². The van der Waals surface area contributed by atoms with Gasteiger partial charge in [-0.25, -0.2) is 19.2 Å². The number of carbonyl (C=O) groups is 2. The van der Waals surface area contributed by atoms with Gasteiger partial charge in [-0.05, 0) is 19.4 Å². The lowest BCUT2D eigenvalue weighted by atomic mass is 9.99. The van der Waals surface area contributed by atoms with Crippen LogP contribution in [0.15, 0.2) is 17.1 Å². The van der Waals surface area contributed by atoms with Crippen molar-refractivity contribution in [2.24, 2.45) is 0 Å². The quantitative estimate of drug-likeness (QED) is 0.703. The van der Waals surface area contributed by atoms with Gasteiger partial charge in [0.05, 0.1) is 24.8 Å². The highest BCUT2D eigenvalue weighted by molar-refractivity contribution is 6.04. The smallest absolute Gasteiger partial charge is 0.341 e. The first-order chi connectivity index (χ1) is 13.7. The highest BCUT2D eigenvalue weighted by atomic mass is 19.1. The van der Waals surface area contributed by atoms with Crippen LogP contribution in [0.5, 0.6) is 0 Å². The number of amides is 1. The minimum absolute atomic E-state index is 0.0530. The lowest BCUT2D eigenvalue weighted by molar-refractivity contribution is -0.144. The van der Waals surface area contributed by atoms with E-state index in [0.717, 1.165) is 35.3 Å². The van der Waals surface area contributed by atoms with Crippen LogP contribution in [0, 0.1) is 0 Å². The first-order valence-corrected chi connectivity index (χ1v) is 9.37. The van der Waals surface area contributed by atoms with Crippen molar-refractivity contribution in [2.45, 2.75) is 38.5 Å². The van der Waals surface area contributed by atoms with Crippen molar-refractivity contribution in [1.29, 1.82) is 0 Å². The number of aromatic carboxylic acids is 1. The van der Waals surface area contributed by atoms with Crippen molar-refractivity contribution in [1.82, 2.24) is 24.0 Å². The van der Waals surface area contributed by atoms with Crippen LogP contribution in [0.3, 0.4) is 0 Å². The summed E-state index contributed by atoms with van der Waals surface area (Å²) in [5.41, 5.74) is -1.18. The fourth-order valence-electron chi connectivity index (χ4n) is 4.23. The molecule has 1 saturated heterocycles. The summed E-state index contributed by atoms with van der Waals surface area (Å²) in [6, 6.07) is 1.28. The van der Waals surface area contributed by atoms with E-state index < -0.39 is 35.2 Å². The molecule has 1 N–H and O–H groups in total. The fraction of sp³-hybridized carbons (Fsp3) is 0.421. The number of carboxylic acid groups (broad SMARTS) is 1. The molecule has 2 aliphatic heterocycles. The van der Waals surface area contributed by atoms with Gasteiger partial charge in [0.1, 0.15) is 34.8 Å². The molecule has 0 spiro atoms. The van der Waals surface area contributed by atoms with Crippen molar-refractivity contribution in [2.75, 3.05) is 13.1 Å². The minimum atomic E-state index is -1.44. The average Bonchev–Trinajstić information content (AvgIpc) is 3.22. The highest BCUT2D eigenvalue weighted by Gasteiger charge is 2.41. The third kappa shape index (κ3) is 2.62. The molecule has 0 aliphatic carbocycles. The number of rotatable bonds is 3. The number of fused-ring (bicyclic) bond motifs is 5. The SMILES string of the molecule is CC1(F)CN(C(=O)Cn2c(=O)c(C(=O)O)cc3c4nc5n(c4cnc32)CCC5)C1. The molecule has 0 bridgehead atoms. The van der Waals surface area contributed by atoms with Gasteiger partial charge in [0.25, 0.3) is 5.56 Å². The number of pyridine rings is 2. The van der Waals surface area contributed by atoms with E-state index in [9.17, 15) is 23.9 Å². The standard InChI is InChI=1S/C19H18FN5O4/c1-19(20)8-23(9-19)14(26)7-25-16-10(5-11(17(25)27)18(28)29)15-12(6-21-16)24-4-2-3-13(24)22-15/h5-6H,2-4,7-9H2,1H3,(H,28,29). The minimum Gasteiger partial charge on any atom is -0.477 e. The Hall–Kier alpha value is -3.30. The summed E-state index contributed by atoms with van der Waals surface area (Å²) in [6.07, 6.45) is 3.40. The number of likely N-dealkylation sites (tertiary alicyclic amines) is 1. The predicted octanol–water partition coefficient (Wildman–Crippen LogP) is 0.961. The van der Waals surface area contributed by atoms with Crippen LogP contribution in [-0.2, 0) is 24.3 Å². The Morgan fingerprint density at radius 1 is 1.34 bits per heavy atom. The molecule has 29 heavy (non-hydrogen) atoms. The summed E-state index contributed by atoms with van der Waals surface area (Å²) in [4.78, 5) is 47.3. The van der Waals surface area contributed by atoms with Crippen molar-refractivity contribution < 1.29 is 19.1 Å². The van der Waals surface area contributed by atoms with Gasteiger partial charge >= 0.3 is 5.97 Å². The van der Waals surface area contributed by atoms with E-state index in [1.165, 1.54) is 17.9 Å². The third-order valence-electron chi connectivity index (χ3n) is 5.61. The number of carbonyl (C=O) groups excluding carboxylic acids is 1. The van der Waals surface area contributed by atoms with Crippen LogP contribution in [-0.4, -0.2) is 59.7 Å². The van der Waals surface area contributed by atoms with Crippen molar-refractivity contribution in [3.63, 3.8) is 0 Å². The largest absolute Gasteiger partial charge is 0.477 e. The number of alkyl halides is 1. The van der Waals surface area contributed by atoms with Gasteiger partial charge in [-0.2, -0.15) is 0 Å². The molecular formula is C19H18FN5O4. The number of hydrogen-bond donors (Lipinski definition) is 1. The molecule has 0 saturated carbocycles. The first kappa shape index (κ1) is 17.8. The Bertz CT molecular complexity index is 1270. The van der Waals surface area contributed by atoms with E-state index in [1.54, 1.807) is 6.20 Å². The molecule has 1 fully saturated rings. The molecule has 1 amide bonds. The molecule has 150 valence electrons. The maximum absolute atomic E-state index is 13.7. The normalized spacial score (nSPS) is 17.5. The van der Waals surface area contributed by atoms with Gasteiger partial charge in [-0.3, -0.25) is 14.2 Å². The number of aromatic nitrogens is 4. The average molecular weight is 399 g/mol. The Morgan fingerprint density at radius 2 is 2.10 bits per heavy atom. The number of carboxylic acids is 1. The molecule has 3 aromatic heterocycles. The highest BCUT2D eigenvalue weighted by Crippen LogP contribution is 2.28. The second-order valence-electron chi connectivity index (χ2n) is 7.93. The van der Waals surface area contributed by atoms with E-state index in [2.05, 4.69) is 9.97 Å². The van der Waals surface area contributed by atoms with Crippen LogP contribution in [0.1, 0.15) is 29.5 Å². The zero-order valence-corrected chi connectivity index (χ0v) is 15.7. The number of hydrogen-bond acceptors (Lipinski definition) is 5. The third-order valence-corrected chi connectivity index (χ3v) is 5.61. The van der Waals surface area contributed by atoms with Crippen LogP contribution in [0.2, 0.25) is 0 Å². The zero-order chi connectivity index (χ0) is 20.5. The van der Waals surface area contributed by atoms with E-state index >= 15 is 0 Å². The maximum Gasteiger partial charge on any atom is 0.341 e. The van der Waals surface area contributed by atoms with Gasteiger partial charge in [0.2, 0.25) is 5.91 Å². The monoisotopic (exact) mass is 399 g/mol. The maximum atomic E-state index is 13.7. The fourth-order valence-corrected chi connectivity index (χ4v) is 4.23. The summed E-state index contributed by atoms with van der Waals surface area (Å²) in [6.45, 7) is 1.70. The van der Waals surface area contributed by atoms with Crippen molar-refractivity contribution in [3.05, 3.63) is 34.0 Å². The summed E-state index contributed by atoms with van der Waals surface area (Å²) >= 11 is 0. The van der Waals surface area contributed by atoms with Crippen LogP contribution >= 0.6 is 0 Å². The number of nitrogens with zero attached hydrogens (tertiary/aromatic N) is 5. The van der Waals surface area contributed by atoms with Crippen LogP contribution < -0.4 is 5.56 Å². The van der Waals surface area contributed by atoms with Gasteiger partial charge < -0.3 is 14.6 Å². The summed E-state index contributed by atoms with van der Waals surface area (Å²) in [5.74, 6) is -0.953. The Morgan fingerprint density at radius 3 is 2.79 bits per heavy atom. The molecule has 0 aromatic carbocycles. The summed E-state index contributed by atoms with van der Waals surface area (Å²) in [7, 11) is 0. The number of halogens is 1. The number of imidazole rings is 1. The lowest BCUT2D eigenvalue weighted by Crippen LogP contribution is -2.60. The van der Waals surface area contributed by atoms with Crippen LogP contribution in [0.25, 0.3) is 22.1 Å². The topological polar surface area (TPSA) is 110 Å². The predicted molar refractivity (Wildman–Crippen MR) is 101 cm³/mol.